The van der Waals surface area contributed by atoms with E-state index in [0.29, 0.717) is 17.5 Å². The first kappa shape index (κ1) is 30.5. The number of halogens is 2. The normalized spacial score (nSPS) is 28.1. The number of benzene rings is 4. The Morgan fingerprint density at radius 3 is 2.27 bits per heavy atom. The Morgan fingerprint density at radius 2 is 1.56 bits per heavy atom. The zero-order valence-electron chi connectivity index (χ0n) is 26.3. The molecule has 1 saturated carbocycles. The number of carbonyl (C=O) groups is 4. The molecule has 4 aromatic carbocycles. The number of allylic oxidation sites excluding steroid dienone is 2. The van der Waals surface area contributed by atoms with Gasteiger partial charge in [-0.3, -0.25) is 24.1 Å². The van der Waals surface area contributed by atoms with Crippen LogP contribution in [-0.2, 0) is 25.6 Å². The zero-order valence-corrected chi connectivity index (χ0v) is 27.1. The lowest BCUT2D eigenvalue weighted by Gasteiger charge is -2.49. The maximum Gasteiger partial charge on any atom is 0.241 e. The number of hydrogen-bond acceptors (Lipinski definition) is 5. The second kappa shape index (κ2) is 10.9. The van der Waals surface area contributed by atoms with E-state index in [1.165, 1.54) is 17.0 Å². The highest BCUT2D eigenvalue weighted by Crippen LogP contribution is 2.64. The van der Waals surface area contributed by atoms with Crippen LogP contribution in [0, 0.1) is 34.9 Å². The molecular formula is C39H32ClFN2O5. The molecule has 0 radical (unpaired) electrons. The first-order chi connectivity index (χ1) is 23.1. The van der Waals surface area contributed by atoms with Crippen LogP contribution in [0.4, 0.5) is 15.8 Å². The van der Waals surface area contributed by atoms with Crippen molar-refractivity contribution in [3.63, 3.8) is 0 Å². The predicted molar refractivity (Wildman–Crippen MR) is 180 cm³/mol. The highest BCUT2D eigenvalue weighted by Gasteiger charge is 2.67. The fourth-order valence-electron chi connectivity index (χ4n) is 8.92. The summed E-state index contributed by atoms with van der Waals surface area (Å²) in [6.45, 7) is 3.83. The topological polar surface area (TPSA) is 95.0 Å². The molecule has 2 aliphatic carbocycles. The predicted octanol–water partition coefficient (Wildman–Crippen LogP) is 7.34. The first-order valence-electron chi connectivity index (χ1n) is 16.3. The molecule has 7 nitrogen and oxygen atoms in total. The molecule has 4 amide bonds. The van der Waals surface area contributed by atoms with E-state index < -0.39 is 52.6 Å². The quantitative estimate of drug-likeness (QED) is 0.182. The Morgan fingerprint density at radius 1 is 0.854 bits per heavy atom. The largest absolute Gasteiger partial charge is 0.507 e. The lowest BCUT2D eigenvalue weighted by atomic mass is 9.51. The summed E-state index contributed by atoms with van der Waals surface area (Å²) in [5.41, 5.74) is 2.07. The van der Waals surface area contributed by atoms with Crippen LogP contribution in [0.2, 0.25) is 5.02 Å². The fourth-order valence-corrected chi connectivity index (χ4v) is 9.10. The van der Waals surface area contributed by atoms with E-state index in [-0.39, 0.29) is 34.7 Å². The third-order valence-corrected chi connectivity index (χ3v) is 11.6. The number of anilines is 2. The van der Waals surface area contributed by atoms with Crippen LogP contribution >= 0.6 is 11.6 Å². The summed E-state index contributed by atoms with van der Waals surface area (Å²) < 4.78 is 14.2. The van der Waals surface area contributed by atoms with Crippen molar-refractivity contribution >= 4 is 57.4 Å². The van der Waals surface area contributed by atoms with Gasteiger partial charge in [-0.2, -0.15) is 0 Å². The highest BCUT2D eigenvalue weighted by atomic mass is 35.5. The van der Waals surface area contributed by atoms with E-state index in [1.54, 1.807) is 37.3 Å². The van der Waals surface area contributed by atoms with Gasteiger partial charge in [-0.05, 0) is 85.0 Å². The molecular weight excluding hydrogens is 631 g/mol. The number of nitrogens with zero attached hydrogens (tertiary/aromatic N) is 2. The first-order valence-corrected chi connectivity index (χ1v) is 16.6. The number of carbonyl (C=O) groups excluding carboxylic acids is 4. The van der Waals surface area contributed by atoms with Gasteiger partial charge in [-0.15, -0.1) is 0 Å². The van der Waals surface area contributed by atoms with Gasteiger partial charge in [0.15, 0.2) is 0 Å². The molecule has 3 fully saturated rings. The minimum atomic E-state index is -1.30. The summed E-state index contributed by atoms with van der Waals surface area (Å²) in [5.74, 6) is -5.38. The van der Waals surface area contributed by atoms with Crippen molar-refractivity contribution in [2.24, 2.45) is 29.1 Å². The van der Waals surface area contributed by atoms with Crippen molar-refractivity contribution in [2.75, 3.05) is 9.80 Å². The highest BCUT2D eigenvalue weighted by molar-refractivity contribution is 6.32. The molecule has 0 bridgehead atoms. The number of phenolic OH excluding ortho intramolecular Hbond substituents is 1. The van der Waals surface area contributed by atoms with E-state index in [1.807, 2.05) is 43.3 Å². The van der Waals surface area contributed by atoms with Gasteiger partial charge < -0.3 is 5.11 Å². The lowest BCUT2D eigenvalue weighted by Crippen LogP contribution is -2.49. The molecule has 4 aromatic rings. The number of aryl methyl sites for hydroxylation is 1. The van der Waals surface area contributed by atoms with Crippen molar-refractivity contribution in [2.45, 2.75) is 39.0 Å². The Hall–Kier alpha value is -4.82. The molecule has 0 spiro atoms. The van der Waals surface area contributed by atoms with Gasteiger partial charge in [0.1, 0.15) is 11.6 Å². The van der Waals surface area contributed by atoms with E-state index >= 15 is 0 Å². The Balaban J connectivity index is 1.30. The van der Waals surface area contributed by atoms with Crippen LogP contribution < -0.4 is 9.80 Å². The van der Waals surface area contributed by atoms with Gasteiger partial charge in [-0.25, -0.2) is 9.29 Å². The van der Waals surface area contributed by atoms with Gasteiger partial charge in [0.25, 0.3) is 0 Å². The molecule has 2 aliphatic heterocycles. The van der Waals surface area contributed by atoms with Crippen LogP contribution in [-0.4, -0.2) is 28.7 Å². The van der Waals surface area contributed by atoms with E-state index in [0.717, 1.165) is 39.5 Å². The van der Waals surface area contributed by atoms with Gasteiger partial charge in [-0.1, -0.05) is 72.6 Å². The van der Waals surface area contributed by atoms with E-state index in [4.69, 9.17) is 11.6 Å². The second-order valence-electron chi connectivity index (χ2n) is 13.5. The molecule has 1 N–H and O–H groups in total. The summed E-state index contributed by atoms with van der Waals surface area (Å²) in [4.78, 5) is 59.9. The van der Waals surface area contributed by atoms with Crippen LogP contribution in [0.3, 0.4) is 0 Å². The van der Waals surface area contributed by atoms with Gasteiger partial charge in [0.05, 0.1) is 39.6 Å². The molecule has 6 atom stereocenters. The molecule has 242 valence electrons. The summed E-state index contributed by atoms with van der Waals surface area (Å²) in [6, 6.07) is 21.9. The summed E-state index contributed by atoms with van der Waals surface area (Å²) >= 11 is 6.12. The van der Waals surface area contributed by atoms with Crippen LogP contribution in [0.15, 0.2) is 90.5 Å². The van der Waals surface area contributed by atoms with Crippen molar-refractivity contribution < 1.29 is 28.7 Å². The molecule has 48 heavy (non-hydrogen) atoms. The van der Waals surface area contributed by atoms with Crippen molar-refractivity contribution in [1.29, 1.82) is 0 Å². The molecule has 4 aliphatic rings. The van der Waals surface area contributed by atoms with Gasteiger partial charge in [0, 0.05) is 11.3 Å². The minimum Gasteiger partial charge on any atom is -0.507 e. The lowest BCUT2D eigenvalue weighted by molar-refractivity contribution is -0.131. The van der Waals surface area contributed by atoms with E-state index in [9.17, 15) is 28.7 Å². The third-order valence-electron chi connectivity index (χ3n) is 11.3. The number of imide groups is 2. The SMILES string of the molecule is CCc1ccc(N2C(=O)C3CC=C4C(CC5C(=O)N(c6ccc(F)c(Cl)c6)C(=O)C5(C)C4c4ccc(O)c5ccccc45)C3C2=O)cc1. The summed E-state index contributed by atoms with van der Waals surface area (Å²) in [7, 11) is 0. The molecule has 9 heteroatoms. The molecule has 6 unspecified atom stereocenters. The van der Waals surface area contributed by atoms with Crippen LogP contribution in [0.25, 0.3) is 10.8 Å². The maximum atomic E-state index is 14.7. The van der Waals surface area contributed by atoms with Gasteiger partial charge >= 0.3 is 0 Å². The molecule has 0 aromatic heterocycles. The number of phenols is 1. The maximum absolute atomic E-state index is 14.7. The molecule has 2 heterocycles. The zero-order chi connectivity index (χ0) is 33.6. The average molecular weight is 663 g/mol. The van der Waals surface area contributed by atoms with Crippen LogP contribution in [0.1, 0.15) is 43.7 Å². The molecule has 2 saturated heterocycles. The number of rotatable bonds is 4. The summed E-state index contributed by atoms with van der Waals surface area (Å²) in [6.07, 6.45) is 3.33. The second-order valence-corrected chi connectivity index (χ2v) is 13.9. The average Bonchev–Trinajstić information content (AvgIpc) is 3.46. The Kier molecular flexibility index (Phi) is 6.90. The smallest absolute Gasteiger partial charge is 0.241 e. The standard InChI is InChI=1S/C39H32ClFN2O5/c1-3-20-8-10-21(11-9-20)42-35(45)27-14-13-26-28(33(27)37(42)47)19-29-36(46)43(22-12-16-31(41)30(40)18-22)38(48)39(29,2)34(26)25-15-17-32(44)24-7-5-4-6-23(24)25/h4-13,15-18,27-29,33-34,44H,3,14,19H2,1-2H3. The number of fused-ring (bicyclic) bond motifs is 5. The minimum absolute atomic E-state index is 0.0822. The molecule has 8 rings (SSSR count). The fraction of sp³-hybridized carbons (Fsp3) is 0.282. The van der Waals surface area contributed by atoms with Gasteiger partial charge in [0.2, 0.25) is 23.6 Å². The Bertz CT molecular complexity index is 2110. The van der Waals surface area contributed by atoms with E-state index in [2.05, 4.69) is 0 Å². The van der Waals surface area contributed by atoms with Crippen LogP contribution in [0.5, 0.6) is 5.75 Å². The van der Waals surface area contributed by atoms with Crippen molar-refractivity contribution in [3.8, 4) is 5.75 Å². The van der Waals surface area contributed by atoms with Crippen molar-refractivity contribution in [1.82, 2.24) is 0 Å². The number of hydrogen-bond donors (Lipinski definition) is 1. The number of aromatic hydroxyl groups is 1. The summed E-state index contributed by atoms with van der Waals surface area (Å²) in [5, 5.41) is 11.9. The number of amides is 4. The monoisotopic (exact) mass is 662 g/mol. The Labute approximate surface area is 281 Å². The van der Waals surface area contributed by atoms with Crippen molar-refractivity contribution in [3.05, 3.63) is 112 Å². The third kappa shape index (κ3) is 4.11.